The molecule has 2 aromatic rings. The van der Waals surface area contributed by atoms with Crippen LogP contribution in [0.3, 0.4) is 0 Å². The molecule has 134 valence electrons. The van der Waals surface area contributed by atoms with E-state index in [0.29, 0.717) is 13.2 Å². The van der Waals surface area contributed by atoms with Crippen molar-refractivity contribution in [3.63, 3.8) is 0 Å². The van der Waals surface area contributed by atoms with Crippen molar-refractivity contribution in [2.45, 2.75) is 38.4 Å². The molecule has 0 aromatic heterocycles. The summed E-state index contributed by atoms with van der Waals surface area (Å²) in [7, 11) is 0. The Kier molecular flexibility index (Phi) is 6.62. The lowest BCUT2D eigenvalue weighted by atomic mass is 10.0. The number of hydrogen-bond donors (Lipinski definition) is 1. The van der Waals surface area contributed by atoms with Gasteiger partial charge in [-0.1, -0.05) is 66.6 Å². The molecule has 1 heterocycles. The standard InChI is InChI=1S/C22H29NO2/c1-18-10-12-20(13-11-18)22(19-8-4-2-5-9-19)25-17-21(24)16-23-14-6-3-7-15-23/h2,4-5,8-13,21-22,24H,3,6-7,14-17H2,1H3/t21-,22+/m0/s1. The van der Waals surface area contributed by atoms with Crippen molar-refractivity contribution in [3.05, 3.63) is 71.3 Å². The molecule has 1 aliphatic heterocycles. The molecule has 0 radical (unpaired) electrons. The highest BCUT2D eigenvalue weighted by atomic mass is 16.5. The average Bonchev–Trinajstić information content (AvgIpc) is 2.65. The van der Waals surface area contributed by atoms with Gasteiger partial charge in [-0.25, -0.2) is 0 Å². The second-order valence-corrected chi connectivity index (χ2v) is 7.05. The second-order valence-electron chi connectivity index (χ2n) is 7.05. The van der Waals surface area contributed by atoms with Crippen LogP contribution in [0.2, 0.25) is 0 Å². The van der Waals surface area contributed by atoms with E-state index in [0.717, 1.165) is 24.2 Å². The van der Waals surface area contributed by atoms with Gasteiger partial charge in [0, 0.05) is 6.54 Å². The molecule has 1 fully saturated rings. The maximum atomic E-state index is 10.4. The van der Waals surface area contributed by atoms with E-state index < -0.39 is 6.10 Å². The highest BCUT2D eigenvalue weighted by molar-refractivity contribution is 5.31. The summed E-state index contributed by atoms with van der Waals surface area (Å²) < 4.78 is 6.18. The Morgan fingerprint density at radius 3 is 2.24 bits per heavy atom. The molecule has 0 aliphatic carbocycles. The van der Waals surface area contributed by atoms with Gasteiger partial charge in [0.1, 0.15) is 6.10 Å². The SMILES string of the molecule is Cc1ccc([C@H](OC[C@@H](O)CN2CCCCC2)c2ccccc2)cc1. The van der Waals surface area contributed by atoms with Crippen LogP contribution < -0.4 is 0 Å². The Labute approximate surface area is 151 Å². The predicted molar refractivity (Wildman–Crippen MR) is 102 cm³/mol. The molecule has 25 heavy (non-hydrogen) atoms. The summed E-state index contributed by atoms with van der Waals surface area (Å²) in [4.78, 5) is 2.35. The fraction of sp³-hybridized carbons (Fsp3) is 0.455. The topological polar surface area (TPSA) is 32.7 Å². The highest BCUT2D eigenvalue weighted by Crippen LogP contribution is 2.26. The van der Waals surface area contributed by atoms with Gasteiger partial charge < -0.3 is 14.7 Å². The van der Waals surface area contributed by atoms with Crippen LogP contribution in [0.25, 0.3) is 0 Å². The van der Waals surface area contributed by atoms with Crippen LogP contribution in [0, 0.1) is 6.92 Å². The molecule has 1 N–H and O–H groups in total. The van der Waals surface area contributed by atoms with Gasteiger partial charge in [-0.05, 0) is 44.0 Å². The zero-order valence-electron chi connectivity index (χ0n) is 15.1. The summed E-state index contributed by atoms with van der Waals surface area (Å²) in [5.74, 6) is 0. The van der Waals surface area contributed by atoms with Crippen molar-refractivity contribution in [3.8, 4) is 0 Å². The first-order chi connectivity index (χ1) is 12.2. The molecule has 0 unspecified atom stereocenters. The molecule has 3 rings (SSSR count). The van der Waals surface area contributed by atoms with E-state index in [-0.39, 0.29) is 6.10 Å². The molecule has 1 aliphatic rings. The summed E-state index contributed by atoms with van der Waals surface area (Å²) >= 11 is 0. The van der Waals surface area contributed by atoms with Gasteiger partial charge in [-0.2, -0.15) is 0 Å². The van der Waals surface area contributed by atoms with Gasteiger partial charge in [0.15, 0.2) is 0 Å². The summed E-state index contributed by atoms with van der Waals surface area (Å²) in [6.45, 7) is 5.33. The van der Waals surface area contributed by atoms with Crippen molar-refractivity contribution < 1.29 is 9.84 Å². The third-order valence-electron chi connectivity index (χ3n) is 4.86. The summed E-state index contributed by atoms with van der Waals surface area (Å²) in [6.07, 6.45) is 3.20. The van der Waals surface area contributed by atoms with Crippen LogP contribution >= 0.6 is 0 Å². The van der Waals surface area contributed by atoms with E-state index in [9.17, 15) is 5.11 Å². The van der Waals surface area contributed by atoms with Crippen molar-refractivity contribution in [1.29, 1.82) is 0 Å². The number of aliphatic hydroxyl groups excluding tert-OH is 1. The summed E-state index contributed by atoms with van der Waals surface area (Å²) in [5.41, 5.74) is 3.49. The van der Waals surface area contributed by atoms with Gasteiger partial charge in [0.2, 0.25) is 0 Å². The quantitative estimate of drug-likeness (QED) is 0.829. The molecule has 0 amide bonds. The largest absolute Gasteiger partial charge is 0.389 e. The lowest BCUT2D eigenvalue weighted by Gasteiger charge is -2.29. The van der Waals surface area contributed by atoms with E-state index in [2.05, 4.69) is 48.2 Å². The van der Waals surface area contributed by atoms with Gasteiger partial charge in [-0.3, -0.25) is 0 Å². The predicted octanol–water partition coefficient (Wildman–Crippen LogP) is 3.95. The van der Waals surface area contributed by atoms with Crippen LogP contribution in [-0.2, 0) is 4.74 Å². The van der Waals surface area contributed by atoms with E-state index in [1.54, 1.807) is 0 Å². The van der Waals surface area contributed by atoms with Crippen LogP contribution in [0.4, 0.5) is 0 Å². The Balaban J connectivity index is 1.64. The first-order valence-corrected chi connectivity index (χ1v) is 9.36. The fourth-order valence-corrected chi connectivity index (χ4v) is 3.45. The number of ether oxygens (including phenoxy) is 1. The van der Waals surface area contributed by atoms with Gasteiger partial charge in [0.05, 0.1) is 12.7 Å². The Hall–Kier alpha value is -1.68. The second kappa shape index (κ2) is 9.14. The number of nitrogens with zero attached hydrogens (tertiary/aromatic N) is 1. The van der Waals surface area contributed by atoms with Crippen LogP contribution in [0.5, 0.6) is 0 Å². The molecule has 0 spiro atoms. The minimum atomic E-state index is -0.449. The molecule has 0 saturated carbocycles. The van der Waals surface area contributed by atoms with Gasteiger partial charge in [0.25, 0.3) is 0 Å². The summed E-state index contributed by atoms with van der Waals surface area (Å²) in [5, 5.41) is 10.4. The molecular weight excluding hydrogens is 310 g/mol. The molecule has 3 nitrogen and oxygen atoms in total. The highest BCUT2D eigenvalue weighted by Gasteiger charge is 2.19. The monoisotopic (exact) mass is 339 g/mol. The average molecular weight is 339 g/mol. The fourth-order valence-electron chi connectivity index (χ4n) is 3.45. The van der Waals surface area contributed by atoms with Gasteiger partial charge in [-0.15, -0.1) is 0 Å². The molecule has 2 aromatic carbocycles. The Bertz CT molecular complexity index is 620. The molecule has 2 atom stereocenters. The van der Waals surface area contributed by atoms with Crippen molar-refractivity contribution in [2.24, 2.45) is 0 Å². The van der Waals surface area contributed by atoms with E-state index in [1.165, 1.54) is 24.8 Å². The van der Waals surface area contributed by atoms with Crippen molar-refractivity contribution in [1.82, 2.24) is 4.90 Å². The zero-order valence-corrected chi connectivity index (χ0v) is 15.1. The first-order valence-electron chi connectivity index (χ1n) is 9.36. The normalized spacial score (nSPS) is 18.0. The number of aliphatic hydroxyl groups is 1. The number of likely N-dealkylation sites (tertiary alicyclic amines) is 1. The van der Waals surface area contributed by atoms with Crippen molar-refractivity contribution in [2.75, 3.05) is 26.2 Å². The smallest absolute Gasteiger partial charge is 0.108 e. The number of hydrogen-bond acceptors (Lipinski definition) is 3. The van der Waals surface area contributed by atoms with E-state index in [4.69, 9.17) is 4.74 Å². The van der Waals surface area contributed by atoms with Crippen molar-refractivity contribution >= 4 is 0 Å². The third-order valence-corrected chi connectivity index (χ3v) is 4.86. The third kappa shape index (κ3) is 5.40. The minimum absolute atomic E-state index is 0.141. The van der Waals surface area contributed by atoms with E-state index in [1.807, 2.05) is 18.2 Å². The first kappa shape index (κ1) is 18.1. The summed E-state index contributed by atoms with van der Waals surface area (Å²) in [6, 6.07) is 18.7. The lowest BCUT2D eigenvalue weighted by Crippen LogP contribution is -2.38. The Morgan fingerprint density at radius 1 is 0.920 bits per heavy atom. The molecule has 1 saturated heterocycles. The molecular formula is C22H29NO2. The molecule has 3 heteroatoms. The number of rotatable bonds is 7. The number of piperidine rings is 1. The maximum absolute atomic E-state index is 10.4. The number of aryl methyl sites for hydroxylation is 1. The molecule has 0 bridgehead atoms. The lowest BCUT2D eigenvalue weighted by molar-refractivity contribution is -0.0104. The van der Waals surface area contributed by atoms with Crippen LogP contribution in [-0.4, -0.2) is 42.4 Å². The van der Waals surface area contributed by atoms with E-state index >= 15 is 0 Å². The van der Waals surface area contributed by atoms with Gasteiger partial charge >= 0.3 is 0 Å². The maximum Gasteiger partial charge on any atom is 0.108 e. The minimum Gasteiger partial charge on any atom is -0.389 e. The number of β-amino-alcohol motifs (C(OH)–C–C–N with tert-alkyl or cyclic N) is 1. The number of benzene rings is 2. The Morgan fingerprint density at radius 2 is 1.56 bits per heavy atom. The van der Waals surface area contributed by atoms with Crippen LogP contribution in [0.1, 0.15) is 42.1 Å². The zero-order chi connectivity index (χ0) is 17.5. The van der Waals surface area contributed by atoms with Crippen LogP contribution in [0.15, 0.2) is 54.6 Å².